The maximum atomic E-state index is 4.74. The van der Waals surface area contributed by atoms with Crippen molar-refractivity contribution in [1.29, 1.82) is 0 Å². The molecule has 1 N–H and O–H groups in total. The van der Waals surface area contributed by atoms with Gasteiger partial charge >= 0.3 is 0 Å². The van der Waals surface area contributed by atoms with Crippen LogP contribution >= 0.6 is 0 Å². The van der Waals surface area contributed by atoms with Gasteiger partial charge in [-0.2, -0.15) is 0 Å². The zero-order valence-electron chi connectivity index (χ0n) is 26.3. The van der Waals surface area contributed by atoms with Crippen molar-refractivity contribution in [2.75, 3.05) is 10.2 Å². The summed E-state index contributed by atoms with van der Waals surface area (Å²) in [5.41, 5.74) is 14.8. The zero-order chi connectivity index (χ0) is 31.4. The molecule has 5 rings (SSSR count). The van der Waals surface area contributed by atoms with Gasteiger partial charge in [0.2, 0.25) is 0 Å². The molecule has 44 heavy (non-hydrogen) atoms. The first-order chi connectivity index (χ1) is 21.3. The highest BCUT2D eigenvalue weighted by Crippen LogP contribution is 2.43. The van der Waals surface area contributed by atoms with Gasteiger partial charge in [-0.05, 0) is 121 Å². The Kier molecular flexibility index (Phi) is 9.10. The monoisotopic (exact) mass is 578 g/mol. The average Bonchev–Trinajstić information content (AvgIpc) is 3.04. The number of rotatable bonds is 9. The summed E-state index contributed by atoms with van der Waals surface area (Å²) in [6.45, 7) is 28.0. The first kappa shape index (κ1) is 30.5. The van der Waals surface area contributed by atoms with E-state index in [2.05, 4.69) is 111 Å². The largest absolute Gasteiger partial charge is 0.340 e. The highest BCUT2D eigenvalue weighted by molar-refractivity contribution is 6.15. The molecule has 1 aromatic heterocycles. The van der Waals surface area contributed by atoms with Gasteiger partial charge < -0.3 is 10.2 Å². The van der Waals surface area contributed by atoms with Crippen LogP contribution in [0.5, 0.6) is 0 Å². The van der Waals surface area contributed by atoms with Gasteiger partial charge in [-0.15, -0.1) is 0 Å². The van der Waals surface area contributed by atoms with Gasteiger partial charge in [-0.25, -0.2) is 4.98 Å². The Balaban J connectivity index is 1.39. The Morgan fingerprint density at radius 1 is 0.977 bits per heavy atom. The van der Waals surface area contributed by atoms with E-state index >= 15 is 0 Å². The molecule has 0 bridgehead atoms. The fourth-order valence-corrected chi connectivity index (χ4v) is 6.11. The number of benzene rings is 1. The number of hydrogen-bond acceptors (Lipinski definition) is 4. The number of aliphatic imine (C=N–C) groups is 1. The lowest BCUT2D eigenvalue weighted by molar-refractivity contribution is 0.743. The van der Waals surface area contributed by atoms with E-state index in [0.29, 0.717) is 5.82 Å². The van der Waals surface area contributed by atoms with Crippen molar-refractivity contribution >= 4 is 22.8 Å². The molecule has 4 heteroatoms. The Labute approximate surface area is 263 Å². The van der Waals surface area contributed by atoms with E-state index in [-0.39, 0.29) is 0 Å². The van der Waals surface area contributed by atoms with Crippen LogP contribution in [0.25, 0.3) is 5.57 Å². The van der Waals surface area contributed by atoms with Gasteiger partial charge in [0, 0.05) is 46.3 Å². The van der Waals surface area contributed by atoms with Gasteiger partial charge in [0.1, 0.15) is 5.82 Å². The highest BCUT2D eigenvalue weighted by Gasteiger charge is 2.30. The number of pyridine rings is 1. The van der Waals surface area contributed by atoms with Crippen LogP contribution in [0.2, 0.25) is 0 Å². The quantitative estimate of drug-likeness (QED) is 0.322. The Morgan fingerprint density at radius 2 is 1.70 bits per heavy atom. The summed E-state index contributed by atoms with van der Waals surface area (Å²) in [4.78, 5) is 11.6. The van der Waals surface area contributed by atoms with Crippen LogP contribution in [0.3, 0.4) is 0 Å². The first-order valence-electron chi connectivity index (χ1n) is 15.4. The molecule has 0 radical (unpaired) electrons. The topological polar surface area (TPSA) is 40.5 Å². The number of aromatic nitrogens is 1. The molecule has 2 aromatic rings. The van der Waals surface area contributed by atoms with Crippen LogP contribution in [0.1, 0.15) is 58.4 Å². The minimum Gasteiger partial charge on any atom is -0.340 e. The fraction of sp³-hybridized carbons (Fsp3) is 0.200. The smallest absolute Gasteiger partial charge is 0.130 e. The van der Waals surface area contributed by atoms with Gasteiger partial charge in [0.25, 0.3) is 0 Å². The maximum absolute atomic E-state index is 4.74. The van der Waals surface area contributed by atoms with E-state index in [9.17, 15) is 0 Å². The molecular formula is C40H42N4. The summed E-state index contributed by atoms with van der Waals surface area (Å²) in [7, 11) is 0. The number of nitrogens with one attached hydrogen (secondary N) is 1. The van der Waals surface area contributed by atoms with Crippen molar-refractivity contribution in [2.24, 2.45) is 4.99 Å². The predicted molar refractivity (Wildman–Crippen MR) is 189 cm³/mol. The summed E-state index contributed by atoms with van der Waals surface area (Å²) in [5, 5.41) is 3.43. The molecule has 0 spiro atoms. The molecule has 4 nitrogen and oxygen atoms in total. The van der Waals surface area contributed by atoms with Crippen LogP contribution in [-0.2, 0) is 0 Å². The Hall–Kier alpha value is -4.96. The van der Waals surface area contributed by atoms with Crippen LogP contribution in [0.4, 0.5) is 11.5 Å². The minimum atomic E-state index is 0.703. The minimum absolute atomic E-state index is 0.703. The van der Waals surface area contributed by atoms with Crippen molar-refractivity contribution in [1.82, 2.24) is 4.98 Å². The molecule has 222 valence electrons. The van der Waals surface area contributed by atoms with Gasteiger partial charge in [0.15, 0.2) is 0 Å². The Morgan fingerprint density at radius 3 is 2.36 bits per heavy atom. The first-order valence-corrected chi connectivity index (χ1v) is 15.4. The molecule has 0 saturated heterocycles. The number of allylic oxidation sites excluding steroid dienone is 11. The molecule has 0 fully saturated rings. The molecule has 0 amide bonds. The standard InChI is InChI=1S/C40H42N4/c1-9-31-22-36(38(41-11-3)23-32(31)10-2)28(6)27(5)33-20-21-40(42-25-33)43-29(7)37-24-35-26(4)16-15-19-39(35)44(30(37)8)34-17-13-12-14-18-34/h11-14,17-18,20-25H,3-5,7-10,15-16,19H2,1-2,6H3,(H,42,43)/b36-28+,41-38-. The number of para-hydroxylation sites is 1. The van der Waals surface area contributed by atoms with Crippen molar-refractivity contribution in [3.63, 3.8) is 0 Å². The third-order valence-electron chi connectivity index (χ3n) is 8.62. The average molecular weight is 579 g/mol. The second-order valence-electron chi connectivity index (χ2n) is 11.3. The predicted octanol–water partition coefficient (Wildman–Crippen LogP) is 10.6. The lowest BCUT2D eigenvalue weighted by atomic mass is 9.85. The summed E-state index contributed by atoms with van der Waals surface area (Å²) in [6, 6.07) is 14.4. The number of nitrogens with zero attached hydrogens (tertiary/aromatic N) is 3. The molecule has 1 aliphatic heterocycles. The van der Waals surface area contributed by atoms with Crippen molar-refractivity contribution in [3.8, 4) is 0 Å². The SMILES string of the molecule is C=C/N=C1/C=C(CC)C(CC)=C/C1=C(/C)C(=C)c1ccc(NC(=C)C2=CC3=C(CCCC3=C)N(c3ccccc3)C2=C)nc1. The lowest BCUT2D eigenvalue weighted by Crippen LogP contribution is -2.29. The summed E-state index contributed by atoms with van der Waals surface area (Å²) < 4.78 is 0. The second-order valence-corrected chi connectivity index (χ2v) is 11.3. The highest BCUT2D eigenvalue weighted by atomic mass is 15.2. The van der Waals surface area contributed by atoms with E-state index in [1.54, 1.807) is 6.20 Å². The maximum Gasteiger partial charge on any atom is 0.130 e. The molecule has 0 saturated carbocycles. The second kappa shape index (κ2) is 13.1. The number of hydrogen-bond donors (Lipinski definition) is 1. The normalized spacial score (nSPS) is 18.8. The van der Waals surface area contributed by atoms with Crippen LogP contribution < -0.4 is 10.2 Å². The summed E-state index contributed by atoms with van der Waals surface area (Å²) in [5.74, 6) is 0.703. The van der Waals surface area contributed by atoms with E-state index in [1.807, 2.05) is 24.4 Å². The van der Waals surface area contributed by atoms with Crippen molar-refractivity contribution in [3.05, 3.63) is 168 Å². The van der Waals surface area contributed by atoms with Crippen LogP contribution in [0, 0.1) is 0 Å². The van der Waals surface area contributed by atoms with E-state index in [1.165, 1.54) is 22.4 Å². The van der Waals surface area contributed by atoms with E-state index < -0.39 is 0 Å². The van der Waals surface area contributed by atoms with Gasteiger partial charge in [0.05, 0.1) is 5.71 Å². The van der Waals surface area contributed by atoms with E-state index in [0.717, 1.165) is 88.3 Å². The summed E-state index contributed by atoms with van der Waals surface area (Å²) >= 11 is 0. The lowest BCUT2D eigenvalue weighted by Gasteiger charge is -2.38. The molecule has 0 unspecified atom stereocenters. The zero-order valence-corrected chi connectivity index (χ0v) is 26.3. The Bertz CT molecular complexity index is 1730. The van der Waals surface area contributed by atoms with Gasteiger partial charge in [-0.3, -0.25) is 4.99 Å². The molecule has 0 atom stereocenters. The van der Waals surface area contributed by atoms with Crippen LogP contribution in [0.15, 0.2) is 167 Å². The van der Waals surface area contributed by atoms with E-state index in [4.69, 9.17) is 4.98 Å². The molecular weight excluding hydrogens is 536 g/mol. The number of anilines is 2. The van der Waals surface area contributed by atoms with Crippen molar-refractivity contribution in [2.45, 2.75) is 52.9 Å². The molecule has 2 heterocycles. The third-order valence-corrected chi connectivity index (χ3v) is 8.62. The molecule has 1 aromatic carbocycles. The van der Waals surface area contributed by atoms with Crippen molar-refractivity contribution < 1.29 is 0 Å². The third kappa shape index (κ3) is 5.93. The molecule has 2 aliphatic carbocycles. The summed E-state index contributed by atoms with van der Waals surface area (Å²) in [6.07, 6.45) is 15.1. The van der Waals surface area contributed by atoms with Crippen LogP contribution in [-0.4, -0.2) is 10.7 Å². The molecule has 3 aliphatic rings. The fourth-order valence-electron chi connectivity index (χ4n) is 6.11. The van der Waals surface area contributed by atoms with Gasteiger partial charge in [-0.1, -0.05) is 64.9 Å².